The lowest BCUT2D eigenvalue weighted by Gasteiger charge is -2.30. The summed E-state index contributed by atoms with van der Waals surface area (Å²) in [5, 5.41) is 0.676. The molecule has 0 aliphatic carbocycles. The Morgan fingerprint density at radius 2 is 1.81 bits per heavy atom. The van der Waals surface area contributed by atoms with Gasteiger partial charge in [-0.05, 0) is 59.5 Å². The second-order valence-electron chi connectivity index (χ2n) is 7.22. The summed E-state index contributed by atoms with van der Waals surface area (Å²) in [5.74, 6) is 1.66. The van der Waals surface area contributed by atoms with Crippen molar-refractivity contribution in [2.45, 2.75) is 23.7 Å². The molecule has 0 atom stereocenters. The number of hydrogen-bond donors (Lipinski definition) is 0. The average molecular weight is 439 g/mol. The van der Waals surface area contributed by atoms with Crippen molar-refractivity contribution in [3.8, 4) is 11.5 Å². The molecule has 1 aliphatic heterocycles. The number of ether oxygens (including phenoxy) is 2. The molecular formula is C24H23FN2O3S. The Balaban J connectivity index is 1.52. The molecule has 0 saturated carbocycles. The molecule has 1 amide bonds. The summed E-state index contributed by atoms with van der Waals surface area (Å²) in [7, 11) is 3.23. The minimum Gasteiger partial charge on any atom is -0.493 e. The molecule has 0 saturated heterocycles. The molecule has 31 heavy (non-hydrogen) atoms. The number of benzene rings is 2. The van der Waals surface area contributed by atoms with Gasteiger partial charge in [0, 0.05) is 25.0 Å². The van der Waals surface area contributed by atoms with Crippen molar-refractivity contribution in [3.63, 3.8) is 0 Å². The van der Waals surface area contributed by atoms with Crippen LogP contribution in [0, 0.1) is 5.82 Å². The van der Waals surface area contributed by atoms with Gasteiger partial charge in [0.25, 0.3) is 5.91 Å². The number of thioether (sulfide) groups is 1. The molecule has 5 nitrogen and oxygen atoms in total. The van der Waals surface area contributed by atoms with E-state index in [1.165, 1.54) is 29.5 Å². The summed E-state index contributed by atoms with van der Waals surface area (Å²) in [4.78, 5) is 19.6. The third-order valence-electron chi connectivity index (χ3n) is 5.30. The Morgan fingerprint density at radius 1 is 1.10 bits per heavy atom. The molecule has 1 aromatic heterocycles. The van der Waals surface area contributed by atoms with Crippen molar-refractivity contribution in [1.82, 2.24) is 9.88 Å². The van der Waals surface area contributed by atoms with Crippen molar-refractivity contribution < 1.29 is 18.7 Å². The van der Waals surface area contributed by atoms with Gasteiger partial charge in [-0.1, -0.05) is 12.1 Å². The number of amides is 1. The molecule has 7 heteroatoms. The van der Waals surface area contributed by atoms with Crippen LogP contribution in [0.5, 0.6) is 11.5 Å². The largest absolute Gasteiger partial charge is 0.493 e. The Morgan fingerprint density at radius 3 is 2.52 bits per heavy atom. The number of carbonyl (C=O) groups is 1. The van der Waals surface area contributed by atoms with Gasteiger partial charge in [-0.25, -0.2) is 9.37 Å². The minimum absolute atomic E-state index is 0.0462. The predicted octanol–water partition coefficient (Wildman–Crippen LogP) is 4.73. The number of halogens is 1. The highest BCUT2D eigenvalue weighted by molar-refractivity contribution is 7.98. The molecule has 4 rings (SSSR count). The van der Waals surface area contributed by atoms with Crippen molar-refractivity contribution in [1.29, 1.82) is 0 Å². The zero-order valence-electron chi connectivity index (χ0n) is 17.4. The predicted molar refractivity (Wildman–Crippen MR) is 118 cm³/mol. The molecule has 0 unspecified atom stereocenters. The highest BCUT2D eigenvalue weighted by Crippen LogP contribution is 2.34. The van der Waals surface area contributed by atoms with Gasteiger partial charge < -0.3 is 14.4 Å². The van der Waals surface area contributed by atoms with Crippen LogP contribution >= 0.6 is 11.8 Å². The first kappa shape index (κ1) is 21.2. The first-order valence-electron chi connectivity index (χ1n) is 9.94. The van der Waals surface area contributed by atoms with E-state index in [1.807, 2.05) is 23.1 Å². The lowest BCUT2D eigenvalue weighted by Crippen LogP contribution is -2.36. The Bertz CT molecular complexity index is 1090. The molecule has 2 heterocycles. The fourth-order valence-corrected chi connectivity index (χ4v) is 4.57. The molecule has 3 aromatic rings. The smallest absolute Gasteiger partial charge is 0.256 e. The number of rotatable bonds is 6. The van der Waals surface area contributed by atoms with Gasteiger partial charge in [-0.3, -0.25) is 4.79 Å². The van der Waals surface area contributed by atoms with Gasteiger partial charge in [-0.2, -0.15) is 0 Å². The van der Waals surface area contributed by atoms with Crippen molar-refractivity contribution in [3.05, 3.63) is 82.8 Å². The van der Waals surface area contributed by atoms with Crippen LogP contribution in [0.1, 0.15) is 27.0 Å². The number of carbonyl (C=O) groups excluding carboxylic acids is 1. The molecular weight excluding hydrogens is 415 g/mol. The van der Waals surface area contributed by atoms with Crippen LogP contribution in [-0.2, 0) is 18.7 Å². The summed E-state index contributed by atoms with van der Waals surface area (Å²) in [6, 6.07) is 13.9. The summed E-state index contributed by atoms with van der Waals surface area (Å²) in [5.41, 5.74) is 3.78. The Labute approximate surface area is 185 Å². The van der Waals surface area contributed by atoms with Crippen molar-refractivity contribution in [2.24, 2.45) is 0 Å². The van der Waals surface area contributed by atoms with Crippen molar-refractivity contribution in [2.75, 3.05) is 20.8 Å². The molecule has 0 fully saturated rings. The topological polar surface area (TPSA) is 51.7 Å². The van der Waals surface area contributed by atoms with E-state index in [0.29, 0.717) is 40.9 Å². The van der Waals surface area contributed by atoms with Crippen LogP contribution in [0.3, 0.4) is 0 Å². The van der Waals surface area contributed by atoms with E-state index >= 15 is 0 Å². The first-order valence-corrected chi connectivity index (χ1v) is 10.9. The van der Waals surface area contributed by atoms with Gasteiger partial charge >= 0.3 is 0 Å². The van der Waals surface area contributed by atoms with Crippen LogP contribution in [0.4, 0.5) is 4.39 Å². The highest BCUT2D eigenvalue weighted by atomic mass is 32.2. The van der Waals surface area contributed by atoms with Crippen LogP contribution in [-0.4, -0.2) is 36.6 Å². The third kappa shape index (κ3) is 4.66. The monoisotopic (exact) mass is 438 g/mol. The Kier molecular flexibility index (Phi) is 6.42. The van der Waals surface area contributed by atoms with Crippen LogP contribution < -0.4 is 9.47 Å². The lowest BCUT2D eigenvalue weighted by molar-refractivity contribution is 0.0730. The van der Waals surface area contributed by atoms with Gasteiger partial charge in [0.1, 0.15) is 10.8 Å². The zero-order valence-corrected chi connectivity index (χ0v) is 18.2. The number of fused-ring (bicyclic) bond motifs is 1. The first-order chi connectivity index (χ1) is 15.1. The molecule has 2 aromatic carbocycles. The van der Waals surface area contributed by atoms with Crippen LogP contribution in [0.25, 0.3) is 0 Å². The van der Waals surface area contributed by atoms with E-state index in [2.05, 4.69) is 4.98 Å². The maximum atomic E-state index is 13.3. The number of nitrogens with zero attached hydrogens (tertiary/aromatic N) is 2. The molecule has 0 N–H and O–H groups in total. The fraction of sp³-hybridized carbons (Fsp3) is 0.250. The summed E-state index contributed by atoms with van der Waals surface area (Å²) < 4.78 is 23.9. The van der Waals surface area contributed by atoms with E-state index in [9.17, 15) is 9.18 Å². The standard InChI is InChI=1S/C24H23FN2O3S/c1-29-21-12-17-9-11-27(14-18(17)13-22(21)30-2)24(28)20-4-3-10-26-23(20)31-15-16-5-7-19(25)8-6-16/h3-8,10,12-13H,9,11,14-15H2,1-2H3. The quantitative estimate of drug-likeness (QED) is 0.521. The normalized spacial score (nSPS) is 12.9. The molecule has 160 valence electrons. The van der Waals surface area contributed by atoms with Gasteiger partial charge in [-0.15, -0.1) is 11.8 Å². The minimum atomic E-state index is -0.262. The highest BCUT2D eigenvalue weighted by Gasteiger charge is 2.25. The average Bonchev–Trinajstić information content (AvgIpc) is 2.82. The van der Waals surface area contributed by atoms with E-state index < -0.39 is 0 Å². The molecule has 1 aliphatic rings. The second-order valence-corrected chi connectivity index (χ2v) is 8.19. The van der Waals surface area contributed by atoms with E-state index in [1.54, 1.807) is 38.6 Å². The summed E-state index contributed by atoms with van der Waals surface area (Å²) in [6.45, 7) is 1.13. The maximum absolute atomic E-state index is 13.3. The van der Waals surface area contributed by atoms with Crippen molar-refractivity contribution >= 4 is 17.7 Å². The molecule has 0 bridgehead atoms. The number of methoxy groups -OCH3 is 2. The van der Waals surface area contributed by atoms with E-state index in [-0.39, 0.29) is 11.7 Å². The van der Waals surface area contributed by atoms with E-state index in [4.69, 9.17) is 9.47 Å². The summed E-state index contributed by atoms with van der Waals surface area (Å²) >= 11 is 1.48. The third-order valence-corrected chi connectivity index (χ3v) is 6.37. The van der Waals surface area contributed by atoms with Gasteiger partial charge in [0.15, 0.2) is 11.5 Å². The number of pyridine rings is 1. The van der Waals surface area contributed by atoms with Crippen LogP contribution in [0.2, 0.25) is 0 Å². The number of hydrogen-bond acceptors (Lipinski definition) is 5. The van der Waals surface area contributed by atoms with Gasteiger partial charge in [0.05, 0.1) is 19.8 Å². The second kappa shape index (κ2) is 9.39. The van der Waals surface area contributed by atoms with Gasteiger partial charge in [0.2, 0.25) is 0 Å². The molecule has 0 spiro atoms. The Hall–Kier alpha value is -3.06. The fourth-order valence-electron chi connectivity index (χ4n) is 3.63. The number of aromatic nitrogens is 1. The molecule has 0 radical (unpaired) electrons. The lowest BCUT2D eigenvalue weighted by atomic mass is 9.98. The zero-order chi connectivity index (χ0) is 21.8. The van der Waals surface area contributed by atoms with Crippen LogP contribution in [0.15, 0.2) is 59.8 Å². The SMILES string of the molecule is COc1cc2c(cc1OC)CN(C(=O)c1cccnc1SCc1ccc(F)cc1)CC2. The maximum Gasteiger partial charge on any atom is 0.256 e. The summed E-state index contributed by atoms with van der Waals surface area (Å²) in [6.07, 6.45) is 2.44. The van der Waals surface area contributed by atoms with E-state index in [0.717, 1.165) is 17.5 Å².